The van der Waals surface area contributed by atoms with Crippen LogP contribution in [-0.2, 0) is 11.3 Å². The number of nitrogens with zero attached hydrogens (tertiary/aromatic N) is 3. The molecule has 0 radical (unpaired) electrons. The minimum Gasteiger partial charge on any atom is -0.357 e. The minimum atomic E-state index is -0.962. The average Bonchev–Trinajstić information content (AvgIpc) is 2.75. The summed E-state index contributed by atoms with van der Waals surface area (Å²) in [5, 5.41) is 6.14. The van der Waals surface area contributed by atoms with Crippen molar-refractivity contribution < 1.29 is 13.6 Å². The van der Waals surface area contributed by atoms with Crippen LogP contribution in [0.3, 0.4) is 0 Å². The van der Waals surface area contributed by atoms with Crippen LogP contribution in [0.15, 0.2) is 42.6 Å². The molecule has 0 aliphatic carbocycles. The summed E-state index contributed by atoms with van der Waals surface area (Å²) < 4.78 is 26.5. The molecule has 1 unspecified atom stereocenters. The Balaban J connectivity index is 1.79. The number of aryl methyl sites for hydroxylation is 1. The molecule has 1 aromatic carbocycles. The van der Waals surface area contributed by atoms with Gasteiger partial charge in [0.05, 0.1) is 5.69 Å². The van der Waals surface area contributed by atoms with Crippen LogP contribution >= 0.6 is 11.6 Å². The standard InChI is InChI=1S/C22H22ClF2N5O/c1-12(2)19(22(31)27-11-14-7-8-15(24)16(25)10-14)29-21-18(23)13(3)28-20(30-21)17-6-4-5-9-26-17/h4-10,12,19H,11H2,1-3H3,(H,27,31)(H,28,29,30). The van der Waals surface area contributed by atoms with Gasteiger partial charge in [0.1, 0.15) is 22.6 Å². The van der Waals surface area contributed by atoms with Gasteiger partial charge in [0, 0.05) is 12.7 Å². The summed E-state index contributed by atoms with van der Waals surface area (Å²) in [5.41, 5.74) is 1.57. The molecule has 2 aromatic heterocycles. The smallest absolute Gasteiger partial charge is 0.243 e. The third kappa shape index (κ3) is 5.52. The normalized spacial score (nSPS) is 12.0. The summed E-state index contributed by atoms with van der Waals surface area (Å²) in [6, 6.07) is 8.22. The molecule has 31 heavy (non-hydrogen) atoms. The second-order valence-corrected chi connectivity index (χ2v) is 7.72. The number of hydrogen-bond donors (Lipinski definition) is 2. The van der Waals surface area contributed by atoms with Gasteiger partial charge in [-0.25, -0.2) is 18.7 Å². The highest BCUT2D eigenvalue weighted by Crippen LogP contribution is 2.27. The first-order chi connectivity index (χ1) is 14.8. The molecule has 162 valence electrons. The molecule has 3 rings (SSSR count). The molecule has 0 fully saturated rings. The molecule has 0 aliphatic heterocycles. The van der Waals surface area contributed by atoms with Crippen molar-refractivity contribution >= 4 is 23.3 Å². The van der Waals surface area contributed by atoms with Crippen LogP contribution in [0.5, 0.6) is 0 Å². The van der Waals surface area contributed by atoms with Gasteiger partial charge in [0.2, 0.25) is 5.91 Å². The van der Waals surface area contributed by atoms with E-state index in [1.807, 2.05) is 19.9 Å². The average molecular weight is 446 g/mol. The van der Waals surface area contributed by atoms with Crippen molar-refractivity contribution in [3.05, 3.63) is 70.5 Å². The third-order valence-electron chi connectivity index (χ3n) is 4.60. The van der Waals surface area contributed by atoms with E-state index >= 15 is 0 Å². The Bertz CT molecular complexity index is 1080. The Morgan fingerprint density at radius 2 is 1.90 bits per heavy atom. The van der Waals surface area contributed by atoms with E-state index in [4.69, 9.17) is 11.6 Å². The molecule has 3 aromatic rings. The van der Waals surface area contributed by atoms with Crippen molar-refractivity contribution in [3.63, 3.8) is 0 Å². The topological polar surface area (TPSA) is 79.8 Å². The van der Waals surface area contributed by atoms with Gasteiger partial charge in [-0.15, -0.1) is 0 Å². The summed E-state index contributed by atoms with van der Waals surface area (Å²) in [5.74, 6) is -1.64. The molecule has 0 aliphatic rings. The van der Waals surface area contributed by atoms with Gasteiger partial charge in [-0.1, -0.05) is 37.6 Å². The van der Waals surface area contributed by atoms with E-state index in [-0.39, 0.29) is 18.4 Å². The monoisotopic (exact) mass is 445 g/mol. The molecule has 0 saturated carbocycles. The molecule has 6 nitrogen and oxygen atoms in total. The number of hydrogen-bond acceptors (Lipinski definition) is 5. The molecule has 2 heterocycles. The highest BCUT2D eigenvalue weighted by atomic mass is 35.5. The summed E-state index contributed by atoms with van der Waals surface area (Å²) in [6.07, 6.45) is 1.64. The molecule has 9 heteroatoms. The van der Waals surface area contributed by atoms with Crippen LogP contribution in [0.4, 0.5) is 14.6 Å². The summed E-state index contributed by atoms with van der Waals surface area (Å²) >= 11 is 6.39. The maximum atomic E-state index is 13.4. The largest absolute Gasteiger partial charge is 0.357 e. The van der Waals surface area contributed by atoms with E-state index in [0.717, 1.165) is 12.1 Å². The van der Waals surface area contributed by atoms with Crippen molar-refractivity contribution in [3.8, 4) is 11.5 Å². The maximum Gasteiger partial charge on any atom is 0.243 e. The Labute approximate surface area is 184 Å². The number of anilines is 1. The fourth-order valence-corrected chi connectivity index (χ4v) is 3.03. The zero-order chi connectivity index (χ0) is 22.5. The number of pyridine rings is 1. The Morgan fingerprint density at radius 3 is 2.55 bits per heavy atom. The number of amides is 1. The number of rotatable bonds is 7. The van der Waals surface area contributed by atoms with Crippen LogP contribution < -0.4 is 10.6 Å². The second-order valence-electron chi connectivity index (χ2n) is 7.34. The van der Waals surface area contributed by atoms with E-state index in [9.17, 15) is 13.6 Å². The second kappa shape index (κ2) is 9.78. The number of carbonyl (C=O) groups is 1. The van der Waals surface area contributed by atoms with Crippen LogP contribution in [0.25, 0.3) is 11.5 Å². The van der Waals surface area contributed by atoms with E-state index in [1.165, 1.54) is 6.07 Å². The molecule has 2 N–H and O–H groups in total. The van der Waals surface area contributed by atoms with E-state index in [0.29, 0.717) is 33.6 Å². The number of benzene rings is 1. The molecule has 0 saturated heterocycles. The van der Waals surface area contributed by atoms with Gasteiger partial charge < -0.3 is 10.6 Å². The Morgan fingerprint density at radius 1 is 1.13 bits per heavy atom. The third-order valence-corrected chi connectivity index (χ3v) is 5.06. The molecule has 0 bridgehead atoms. The van der Waals surface area contributed by atoms with Gasteiger partial charge >= 0.3 is 0 Å². The molecule has 1 atom stereocenters. The van der Waals surface area contributed by atoms with Crippen LogP contribution in [0.1, 0.15) is 25.1 Å². The zero-order valence-electron chi connectivity index (χ0n) is 17.3. The van der Waals surface area contributed by atoms with Crippen molar-refractivity contribution in [2.45, 2.75) is 33.4 Å². The van der Waals surface area contributed by atoms with Gasteiger partial charge in [0.25, 0.3) is 0 Å². The van der Waals surface area contributed by atoms with Crippen molar-refractivity contribution in [2.24, 2.45) is 5.92 Å². The maximum absolute atomic E-state index is 13.4. The lowest BCUT2D eigenvalue weighted by Gasteiger charge is -2.23. The highest BCUT2D eigenvalue weighted by Gasteiger charge is 2.24. The van der Waals surface area contributed by atoms with Gasteiger partial charge in [0.15, 0.2) is 17.5 Å². The van der Waals surface area contributed by atoms with Gasteiger partial charge in [-0.3, -0.25) is 9.78 Å². The predicted molar refractivity (Wildman–Crippen MR) is 115 cm³/mol. The lowest BCUT2D eigenvalue weighted by Crippen LogP contribution is -2.43. The van der Waals surface area contributed by atoms with Crippen LogP contribution in [0, 0.1) is 24.5 Å². The number of carbonyl (C=O) groups excluding carboxylic acids is 1. The van der Waals surface area contributed by atoms with E-state index in [1.54, 1.807) is 25.3 Å². The lowest BCUT2D eigenvalue weighted by molar-refractivity contribution is -0.122. The Kier molecular flexibility index (Phi) is 7.12. The lowest BCUT2D eigenvalue weighted by atomic mass is 10.0. The quantitative estimate of drug-likeness (QED) is 0.558. The van der Waals surface area contributed by atoms with E-state index in [2.05, 4.69) is 25.6 Å². The fraction of sp³-hybridized carbons (Fsp3) is 0.273. The highest BCUT2D eigenvalue weighted by molar-refractivity contribution is 6.33. The van der Waals surface area contributed by atoms with Gasteiger partial charge in [-0.2, -0.15) is 0 Å². The molecular weight excluding hydrogens is 424 g/mol. The minimum absolute atomic E-state index is 0.0522. The SMILES string of the molecule is Cc1nc(-c2ccccn2)nc(NC(C(=O)NCc2ccc(F)c(F)c2)C(C)C)c1Cl. The first kappa shape index (κ1) is 22.6. The molecule has 0 spiro atoms. The predicted octanol–water partition coefficient (Wildman–Crippen LogP) is 4.53. The van der Waals surface area contributed by atoms with Crippen LogP contribution in [-0.4, -0.2) is 26.9 Å². The first-order valence-corrected chi connectivity index (χ1v) is 10.1. The summed E-state index contributed by atoms with van der Waals surface area (Å²) in [4.78, 5) is 25.9. The van der Waals surface area contributed by atoms with E-state index < -0.39 is 17.7 Å². The molecule has 1 amide bonds. The summed E-state index contributed by atoms with van der Waals surface area (Å²) in [6.45, 7) is 5.54. The number of halogens is 3. The number of aromatic nitrogens is 3. The fourth-order valence-electron chi connectivity index (χ4n) is 2.90. The van der Waals surface area contributed by atoms with Crippen molar-refractivity contribution in [1.82, 2.24) is 20.3 Å². The zero-order valence-corrected chi connectivity index (χ0v) is 18.0. The van der Waals surface area contributed by atoms with Crippen molar-refractivity contribution in [1.29, 1.82) is 0 Å². The number of nitrogens with one attached hydrogen (secondary N) is 2. The van der Waals surface area contributed by atoms with Crippen molar-refractivity contribution in [2.75, 3.05) is 5.32 Å². The molecular formula is C22H22ClF2N5O. The van der Waals surface area contributed by atoms with Crippen LogP contribution in [0.2, 0.25) is 5.02 Å². The Hall–Kier alpha value is -3.13. The van der Waals surface area contributed by atoms with Gasteiger partial charge in [-0.05, 0) is 42.7 Å². The summed E-state index contributed by atoms with van der Waals surface area (Å²) in [7, 11) is 0. The first-order valence-electron chi connectivity index (χ1n) is 9.70.